The molecule has 0 heterocycles. The molecule has 0 amide bonds. The predicted octanol–water partition coefficient (Wildman–Crippen LogP) is 3.85. The molecule has 0 spiro atoms. The second kappa shape index (κ2) is 26.0. The largest absolute Gasteiger partial charge is 0.500 e. The minimum absolute atomic E-state index is 0.183. The molecule has 0 saturated carbocycles. The van der Waals surface area contributed by atoms with E-state index in [1.54, 1.807) is 42.7 Å². The van der Waals surface area contributed by atoms with Gasteiger partial charge in [0.2, 0.25) is 0 Å². The zero-order valence-corrected chi connectivity index (χ0v) is 27.2. The molecule has 0 bridgehead atoms. The zero-order valence-electron chi connectivity index (χ0n) is 25.2. The normalized spacial score (nSPS) is 11.2. The molecule has 12 nitrogen and oxygen atoms in total. The third-order valence-corrected chi connectivity index (χ3v) is 11.4. The van der Waals surface area contributed by atoms with Crippen molar-refractivity contribution in [1.82, 2.24) is 0 Å². The fraction of sp³-hybridized carbons (Fsp3) is 0.731. The van der Waals surface area contributed by atoms with Gasteiger partial charge in [-0.3, -0.25) is 4.79 Å². The molecule has 0 saturated heterocycles. The summed E-state index contributed by atoms with van der Waals surface area (Å²) in [5.74, 6) is -1.04. The SMILES string of the molecule is C=CC(=O)OCCCCOC(=O)CCCCCC[Si](OC)(OC)OC.C=CC(=O)OCCC[Si](OC)(OC)OC. The van der Waals surface area contributed by atoms with Crippen molar-refractivity contribution in [3.8, 4) is 0 Å². The average molecular weight is 611 g/mol. The summed E-state index contributed by atoms with van der Waals surface area (Å²) in [6.07, 6.45) is 8.35. The van der Waals surface area contributed by atoms with Gasteiger partial charge in [-0.2, -0.15) is 0 Å². The van der Waals surface area contributed by atoms with Gasteiger partial charge in [-0.15, -0.1) is 0 Å². The molecule has 0 N–H and O–H groups in total. The second-order valence-electron chi connectivity index (χ2n) is 8.28. The molecule has 0 aromatic rings. The van der Waals surface area contributed by atoms with Crippen molar-refractivity contribution in [2.24, 2.45) is 0 Å². The van der Waals surface area contributed by atoms with E-state index in [1.165, 1.54) is 0 Å². The van der Waals surface area contributed by atoms with E-state index in [2.05, 4.69) is 13.2 Å². The summed E-state index contributed by atoms with van der Waals surface area (Å²) in [4.78, 5) is 33.1. The van der Waals surface area contributed by atoms with Crippen LogP contribution in [0.25, 0.3) is 0 Å². The van der Waals surface area contributed by atoms with Gasteiger partial charge in [-0.1, -0.05) is 26.0 Å². The van der Waals surface area contributed by atoms with Crippen LogP contribution in [0.2, 0.25) is 12.1 Å². The van der Waals surface area contributed by atoms with Gasteiger partial charge < -0.3 is 40.8 Å². The summed E-state index contributed by atoms with van der Waals surface area (Å²) < 4.78 is 46.5. The van der Waals surface area contributed by atoms with Crippen LogP contribution in [0.3, 0.4) is 0 Å². The van der Waals surface area contributed by atoms with Crippen LogP contribution in [0.15, 0.2) is 25.3 Å². The molecule has 0 aromatic heterocycles. The number of hydrogen-bond acceptors (Lipinski definition) is 12. The first kappa shape index (κ1) is 40.2. The van der Waals surface area contributed by atoms with Crippen molar-refractivity contribution in [3.63, 3.8) is 0 Å². The molecule has 0 aromatic carbocycles. The Morgan fingerprint density at radius 3 is 1.32 bits per heavy atom. The van der Waals surface area contributed by atoms with Crippen molar-refractivity contribution < 1.29 is 55.2 Å². The average Bonchev–Trinajstić information content (AvgIpc) is 2.99. The van der Waals surface area contributed by atoms with E-state index in [0.717, 1.165) is 43.9 Å². The highest BCUT2D eigenvalue weighted by Crippen LogP contribution is 2.18. The minimum atomic E-state index is -2.52. The van der Waals surface area contributed by atoms with Crippen LogP contribution in [-0.4, -0.2) is 98.0 Å². The maximum Gasteiger partial charge on any atom is 0.500 e. The van der Waals surface area contributed by atoms with E-state index in [9.17, 15) is 14.4 Å². The number of esters is 3. The van der Waals surface area contributed by atoms with Crippen LogP contribution in [0.1, 0.15) is 51.4 Å². The van der Waals surface area contributed by atoms with Crippen molar-refractivity contribution in [3.05, 3.63) is 25.3 Å². The topological polar surface area (TPSA) is 134 Å². The molecule has 40 heavy (non-hydrogen) atoms. The number of unbranched alkanes of at least 4 members (excludes halogenated alkanes) is 4. The maximum absolute atomic E-state index is 11.6. The highest BCUT2D eigenvalue weighted by atomic mass is 28.4. The zero-order chi connectivity index (χ0) is 30.7. The minimum Gasteiger partial charge on any atom is -0.466 e. The lowest BCUT2D eigenvalue weighted by molar-refractivity contribution is -0.144. The Morgan fingerprint density at radius 1 is 0.525 bits per heavy atom. The molecule has 0 aliphatic heterocycles. The molecule has 14 heteroatoms. The quantitative estimate of drug-likeness (QED) is 0.0516. The van der Waals surface area contributed by atoms with E-state index in [0.29, 0.717) is 51.5 Å². The lowest BCUT2D eigenvalue weighted by atomic mass is 10.1. The van der Waals surface area contributed by atoms with Gasteiger partial charge in [0.05, 0.1) is 19.8 Å². The monoisotopic (exact) mass is 610 g/mol. The summed E-state index contributed by atoms with van der Waals surface area (Å²) in [5.41, 5.74) is 0. The third-order valence-electron chi connectivity index (χ3n) is 5.73. The lowest BCUT2D eigenvalue weighted by Crippen LogP contribution is -2.42. The standard InChI is InChI=1S/C17H32O7Si.C9H18O5Si/c1-5-16(18)23-13-9-10-14-24-17(19)12-8-6-7-11-15-25(20-2,21-3)22-4;1-5-9(10)14-7-6-8-15(11-2,12-3)13-4/h5H,1,6-15H2,2-4H3;5H,1,6-8H2,2-4H3. The van der Waals surface area contributed by atoms with E-state index in [1.807, 2.05) is 0 Å². The Bertz CT molecular complexity index is 681. The van der Waals surface area contributed by atoms with Crippen molar-refractivity contribution in [2.45, 2.75) is 63.5 Å². The lowest BCUT2D eigenvalue weighted by Gasteiger charge is -2.24. The molecule has 0 atom stereocenters. The van der Waals surface area contributed by atoms with Crippen molar-refractivity contribution >= 4 is 35.5 Å². The summed E-state index contributed by atoms with van der Waals surface area (Å²) in [6.45, 7) is 7.59. The first-order valence-corrected chi connectivity index (χ1v) is 17.1. The number of ether oxygens (including phenoxy) is 3. The predicted molar refractivity (Wildman–Crippen MR) is 153 cm³/mol. The molecule has 0 unspecified atom stereocenters. The van der Waals surface area contributed by atoms with Gasteiger partial charge in [0, 0.05) is 73.3 Å². The number of hydrogen-bond donors (Lipinski definition) is 0. The first-order valence-electron chi connectivity index (χ1n) is 13.2. The van der Waals surface area contributed by atoms with Gasteiger partial charge in [0.25, 0.3) is 0 Å². The summed E-state index contributed by atoms with van der Waals surface area (Å²) in [7, 11) is 4.50. The molecule has 0 radical (unpaired) electrons. The van der Waals surface area contributed by atoms with Gasteiger partial charge in [0.15, 0.2) is 0 Å². The second-order valence-corrected chi connectivity index (χ2v) is 14.5. The molecule has 0 aliphatic rings. The number of carbonyl (C=O) groups excluding carboxylic acids is 3. The highest BCUT2D eigenvalue weighted by molar-refractivity contribution is 6.60. The van der Waals surface area contributed by atoms with Crippen LogP contribution in [0, 0.1) is 0 Å². The third kappa shape index (κ3) is 20.0. The number of carbonyl (C=O) groups is 3. The molecular formula is C26H50O12Si2. The van der Waals surface area contributed by atoms with E-state index in [-0.39, 0.29) is 5.97 Å². The maximum atomic E-state index is 11.6. The first-order chi connectivity index (χ1) is 19.2. The Balaban J connectivity index is 0. The van der Waals surface area contributed by atoms with Crippen molar-refractivity contribution in [2.75, 3.05) is 62.5 Å². The van der Waals surface area contributed by atoms with Gasteiger partial charge in [-0.05, 0) is 32.1 Å². The van der Waals surface area contributed by atoms with Crippen LogP contribution in [0.5, 0.6) is 0 Å². The van der Waals surface area contributed by atoms with E-state index in [4.69, 9.17) is 40.8 Å². The smallest absolute Gasteiger partial charge is 0.466 e. The van der Waals surface area contributed by atoms with Crippen LogP contribution in [-0.2, 0) is 55.2 Å². The summed E-state index contributed by atoms with van der Waals surface area (Å²) in [6, 6.07) is 1.39. The Labute approximate surface area is 241 Å². The fourth-order valence-electron chi connectivity index (χ4n) is 3.29. The van der Waals surface area contributed by atoms with E-state index >= 15 is 0 Å². The molecule has 234 valence electrons. The van der Waals surface area contributed by atoms with Crippen LogP contribution >= 0.6 is 0 Å². The van der Waals surface area contributed by atoms with Crippen LogP contribution < -0.4 is 0 Å². The Kier molecular flexibility index (Phi) is 26.2. The molecular weight excluding hydrogens is 560 g/mol. The Hall–Kier alpha value is -1.92. The van der Waals surface area contributed by atoms with Gasteiger partial charge >= 0.3 is 35.5 Å². The molecule has 0 aliphatic carbocycles. The number of rotatable bonds is 24. The van der Waals surface area contributed by atoms with Gasteiger partial charge in [-0.25, -0.2) is 9.59 Å². The molecule has 0 rings (SSSR count). The summed E-state index contributed by atoms with van der Waals surface area (Å²) >= 11 is 0. The molecule has 0 fully saturated rings. The van der Waals surface area contributed by atoms with E-state index < -0.39 is 29.5 Å². The van der Waals surface area contributed by atoms with Gasteiger partial charge in [0.1, 0.15) is 0 Å². The van der Waals surface area contributed by atoms with Crippen molar-refractivity contribution in [1.29, 1.82) is 0 Å². The van der Waals surface area contributed by atoms with Crippen LogP contribution in [0.4, 0.5) is 0 Å². The fourth-order valence-corrected chi connectivity index (χ4v) is 6.78. The highest BCUT2D eigenvalue weighted by Gasteiger charge is 2.37. The summed E-state index contributed by atoms with van der Waals surface area (Å²) in [5, 5.41) is 0. The Morgan fingerprint density at radius 2 is 0.900 bits per heavy atom.